The van der Waals surface area contributed by atoms with Crippen LogP contribution >= 0.6 is 0 Å². The highest BCUT2D eigenvalue weighted by molar-refractivity contribution is 5.96. The van der Waals surface area contributed by atoms with Crippen LogP contribution in [0.3, 0.4) is 0 Å². The first-order chi connectivity index (χ1) is 7.95. The van der Waals surface area contributed by atoms with E-state index in [2.05, 4.69) is 39.8 Å². The van der Waals surface area contributed by atoms with Crippen molar-refractivity contribution in [2.24, 2.45) is 0 Å². The molecular weight excluding hydrogens is 198 g/mol. The molecule has 0 aliphatic heterocycles. The summed E-state index contributed by atoms with van der Waals surface area (Å²) in [5.41, 5.74) is 1.95. The minimum atomic E-state index is 0.867. The first kappa shape index (κ1) is 8.97. The maximum atomic E-state index is 3.78. The van der Waals surface area contributed by atoms with Crippen LogP contribution in [-0.4, -0.2) is 15.4 Å². The lowest BCUT2D eigenvalue weighted by molar-refractivity contribution is 0.862. The van der Waals surface area contributed by atoms with Gasteiger partial charge in [0.2, 0.25) is 0 Å². The maximum absolute atomic E-state index is 3.78. The Balaban J connectivity index is 2.32. The van der Waals surface area contributed by atoms with Crippen molar-refractivity contribution in [1.29, 1.82) is 0 Å². The lowest BCUT2D eigenvalue weighted by Crippen LogP contribution is -1.88. The van der Waals surface area contributed by atoms with E-state index >= 15 is 0 Å². The average Bonchev–Trinajstić information content (AvgIpc) is 2.39. The fourth-order valence-corrected chi connectivity index (χ4v) is 1.80. The average molecular weight is 206 g/mol. The lowest BCUT2D eigenvalue weighted by atomic mass is 10.0. The number of benzene rings is 2. The molecule has 0 spiro atoms. The molecule has 0 N–H and O–H groups in total. The number of nitrogens with zero attached hydrogens (tertiary/aromatic N) is 3. The molecule has 0 bridgehead atoms. The van der Waals surface area contributed by atoms with Crippen molar-refractivity contribution in [1.82, 2.24) is 15.4 Å². The summed E-state index contributed by atoms with van der Waals surface area (Å²) >= 11 is 0. The fourth-order valence-electron chi connectivity index (χ4n) is 1.80. The molecular formula is C13H8N3. The van der Waals surface area contributed by atoms with Crippen LogP contribution in [0.5, 0.6) is 0 Å². The van der Waals surface area contributed by atoms with E-state index in [-0.39, 0.29) is 0 Å². The molecule has 0 saturated carbocycles. The Morgan fingerprint density at radius 2 is 1.81 bits per heavy atom. The molecule has 0 unspecified atom stereocenters. The second-order valence-corrected chi connectivity index (χ2v) is 3.49. The third kappa shape index (κ3) is 1.42. The van der Waals surface area contributed by atoms with Gasteiger partial charge >= 0.3 is 0 Å². The molecule has 3 nitrogen and oxygen atoms in total. The van der Waals surface area contributed by atoms with Crippen molar-refractivity contribution in [2.45, 2.75) is 0 Å². The summed E-state index contributed by atoms with van der Waals surface area (Å²) in [7, 11) is 0. The molecule has 3 aromatic rings. The quantitative estimate of drug-likeness (QED) is 0.614. The minimum Gasteiger partial charge on any atom is -0.138 e. The van der Waals surface area contributed by atoms with Crippen molar-refractivity contribution in [3.8, 4) is 11.1 Å². The highest BCUT2D eigenvalue weighted by Crippen LogP contribution is 2.26. The van der Waals surface area contributed by atoms with Gasteiger partial charge < -0.3 is 0 Å². The predicted molar refractivity (Wildman–Crippen MR) is 61.6 cm³/mol. The smallest absolute Gasteiger partial charge is 0.125 e. The zero-order valence-corrected chi connectivity index (χ0v) is 8.46. The molecule has 0 saturated heterocycles. The SMILES string of the molecule is [c]1nnncc1-c1cccc2ccccc12. The molecule has 0 amide bonds. The lowest BCUT2D eigenvalue weighted by Gasteiger charge is -2.04. The van der Waals surface area contributed by atoms with Crippen LogP contribution < -0.4 is 0 Å². The van der Waals surface area contributed by atoms with E-state index < -0.39 is 0 Å². The van der Waals surface area contributed by atoms with Gasteiger partial charge in [-0.05, 0) is 21.5 Å². The van der Waals surface area contributed by atoms with Crippen molar-refractivity contribution >= 4 is 10.8 Å². The Morgan fingerprint density at radius 1 is 0.938 bits per heavy atom. The first-order valence-corrected chi connectivity index (χ1v) is 4.99. The predicted octanol–water partition coefficient (Wildman–Crippen LogP) is 2.49. The fraction of sp³-hybridized carbons (Fsp3) is 0. The summed E-state index contributed by atoms with van der Waals surface area (Å²) in [5.74, 6) is 0. The molecule has 0 fully saturated rings. The van der Waals surface area contributed by atoms with E-state index in [0.29, 0.717) is 0 Å². The van der Waals surface area contributed by atoms with Gasteiger partial charge in [0.1, 0.15) is 6.20 Å². The molecule has 75 valence electrons. The van der Waals surface area contributed by atoms with Crippen LogP contribution in [0.4, 0.5) is 0 Å². The van der Waals surface area contributed by atoms with Crippen LogP contribution in [0.25, 0.3) is 21.9 Å². The largest absolute Gasteiger partial charge is 0.138 e. The van der Waals surface area contributed by atoms with Gasteiger partial charge in [-0.3, -0.25) is 0 Å². The van der Waals surface area contributed by atoms with Gasteiger partial charge in [0.15, 0.2) is 0 Å². The van der Waals surface area contributed by atoms with Crippen LogP contribution in [0.1, 0.15) is 0 Å². The van der Waals surface area contributed by atoms with Crippen molar-refractivity contribution in [3.63, 3.8) is 0 Å². The van der Waals surface area contributed by atoms with E-state index in [1.54, 1.807) is 6.20 Å². The zero-order valence-electron chi connectivity index (χ0n) is 8.46. The highest BCUT2D eigenvalue weighted by atomic mass is 15.3. The molecule has 1 heterocycles. The van der Waals surface area contributed by atoms with Crippen LogP contribution in [0.2, 0.25) is 0 Å². The Morgan fingerprint density at radius 3 is 2.69 bits per heavy atom. The van der Waals surface area contributed by atoms with Crippen LogP contribution in [-0.2, 0) is 0 Å². The summed E-state index contributed by atoms with van der Waals surface area (Å²) in [5, 5.41) is 13.3. The second kappa shape index (κ2) is 3.70. The number of hydrogen-bond donors (Lipinski definition) is 0. The topological polar surface area (TPSA) is 38.7 Å². The number of fused-ring (bicyclic) bond motifs is 1. The van der Waals surface area contributed by atoms with Gasteiger partial charge in [-0.2, -0.15) is 0 Å². The summed E-state index contributed by atoms with van der Waals surface area (Å²) in [6, 6.07) is 14.4. The molecule has 0 aliphatic rings. The number of aromatic nitrogens is 3. The van der Waals surface area contributed by atoms with Gasteiger partial charge in [0, 0.05) is 5.56 Å². The summed E-state index contributed by atoms with van der Waals surface area (Å²) in [4.78, 5) is 0. The third-order valence-corrected chi connectivity index (χ3v) is 2.53. The summed E-state index contributed by atoms with van der Waals surface area (Å²) < 4.78 is 0. The van der Waals surface area contributed by atoms with Gasteiger partial charge in [0.05, 0.1) is 6.20 Å². The van der Waals surface area contributed by atoms with E-state index in [4.69, 9.17) is 0 Å². The molecule has 2 aromatic carbocycles. The van der Waals surface area contributed by atoms with Crippen molar-refractivity contribution in [3.05, 3.63) is 54.9 Å². The Kier molecular flexibility index (Phi) is 2.07. The normalized spacial score (nSPS) is 10.5. The standard InChI is InChI=1S/C13H8N3/c1-2-6-12-10(4-1)5-3-7-13(12)11-8-14-16-15-9-11/h1-8H. The molecule has 0 atom stereocenters. The molecule has 3 rings (SSSR count). The van der Waals surface area contributed by atoms with Crippen LogP contribution in [0, 0.1) is 6.20 Å². The van der Waals surface area contributed by atoms with Crippen LogP contribution in [0.15, 0.2) is 48.7 Å². The Hall–Kier alpha value is -2.29. The molecule has 1 radical (unpaired) electrons. The van der Waals surface area contributed by atoms with E-state index in [9.17, 15) is 0 Å². The second-order valence-electron chi connectivity index (χ2n) is 3.49. The van der Waals surface area contributed by atoms with Gasteiger partial charge in [-0.15, -0.1) is 10.2 Å². The molecule has 3 heteroatoms. The van der Waals surface area contributed by atoms with E-state index in [0.717, 1.165) is 11.1 Å². The van der Waals surface area contributed by atoms with E-state index in [1.807, 2.05) is 24.3 Å². The Labute approximate surface area is 92.8 Å². The highest BCUT2D eigenvalue weighted by Gasteiger charge is 2.03. The zero-order chi connectivity index (χ0) is 10.8. The molecule has 16 heavy (non-hydrogen) atoms. The van der Waals surface area contributed by atoms with Crippen molar-refractivity contribution < 1.29 is 0 Å². The van der Waals surface area contributed by atoms with Gasteiger partial charge in [-0.1, -0.05) is 42.5 Å². The first-order valence-electron chi connectivity index (χ1n) is 4.99. The molecule has 0 aliphatic carbocycles. The molecule has 1 aromatic heterocycles. The number of hydrogen-bond acceptors (Lipinski definition) is 3. The third-order valence-electron chi connectivity index (χ3n) is 2.53. The van der Waals surface area contributed by atoms with Crippen molar-refractivity contribution in [2.75, 3.05) is 0 Å². The van der Waals surface area contributed by atoms with Gasteiger partial charge in [-0.25, -0.2) is 0 Å². The minimum absolute atomic E-state index is 0.867. The monoisotopic (exact) mass is 206 g/mol. The van der Waals surface area contributed by atoms with E-state index in [1.165, 1.54) is 10.8 Å². The summed E-state index contributed by atoms with van der Waals surface area (Å²) in [6.07, 6.45) is 4.53. The number of rotatable bonds is 1. The van der Waals surface area contributed by atoms with Gasteiger partial charge in [0.25, 0.3) is 0 Å². The Bertz CT molecular complexity index is 615. The maximum Gasteiger partial charge on any atom is 0.125 e. The summed E-state index contributed by atoms with van der Waals surface area (Å²) in [6.45, 7) is 0.